The lowest BCUT2D eigenvalue weighted by Crippen LogP contribution is -2.82. The van der Waals surface area contributed by atoms with Crippen LogP contribution < -0.4 is 10.6 Å². The summed E-state index contributed by atoms with van der Waals surface area (Å²) in [4.78, 5) is 95.0. The number of carbonyl (C=O) groups excluding carboxylic acids is 6. The molecule has 364 valence electrons. The Morgan fingerprint density at radius 3 is 2.12 bits per heavy atom. The topological polar surface area (TPSA) is 280 Å². The van der Waals surface area contributed by atoms with Gasteiger partial charge in [0.25, 0.3) is 0 Å². The second-order valence-corrected chi connectivity index (χ2v) is 19.4. The Morgan fingerprint density at radius 2 is 1.55 bits per heavy atom. The Balaban J connectivity index is 1.50. The van der Waals surface area contributed by atoms with Crippen molar-refractivity contribution in [2.45, 2.75) is 141 Å². The first-order valence-electron chi connectivity index (χ1n) is 22.1. The number of alkyl carbamates (subject to hydrolysis) is 2. The Kier molecular flexibility index (Phi) is 14.3. The van der Waals surface area contributed by atoms with Crippen LogP contribution in [-0.4, -0.2) is 129 Å². The van der Waals surface area contributed by atoms with Gasteiger partial charge in [-0.05, 0) is 69.9 Å². The first-order chi connectivity index (χ1) is 31.3. The lowest BCUT2D eigenvalue weighted by molar-refractivity contribution is -0.345. The van der Waals surface area contributed by atoms with Crippen LogP contribution in [0.25, 0.3) is 0 Å². The molecular weight excluding hydrogens is 877 g/mol. The number of hydrogen-bond acceptors (Lipinski definition) is 16. The van der Waals surface area contributed by atoms with Crippen LogP contribution in [-0.2, 0) is 47.6 Å². The molecule has 19 nitrogen and oxygen atoms in total. The molecule has 19 heteroatoms. The number of ether oxygens (including phenoxy) is 6. The standard InChI is InChI=1S/C48H60N2O17/c1-25-29(63-41(58)36(55)34(27-16-11-9-12-17-27)50-43(60)67-44(3,4)5)23-48(61)39(65-40(57)28-18-13-10-14-19-28)37-46(8,38(56)35(54)33(25)45(48,6)7)30(64-42(59)49-21-15-20-32(52)53)22-31-47(37,24-62-31)66-26(2)51/h9-14,16-19,29-31,34-37,39,54-55,61H,15,20-24H2,1-8H3,(H,49,59)(H,50,60)(H,52,53)/t29-,30?,31+,34-,35+,36+,37-,39-,46+,47-,48+/m0/s1. The van der Waals surface area contributed by atoms with Gasteiger partial charge in [-0.1, -0.05) is 62.4 Å². The van der Waals surface area contributed by atoms with Gasteiger partial charge in [-0.2, -0.15) is 0 Å². The predicted octanol–water partition coefficient (Wildman–Crippen LogP) is 3.86. The van der Waals surface area contributed by atoms with Crippen molar-refractivity contribution in [3.05, 3.63) is 82.9 Å². The molecule has 1 unspecified atom stereocenters. The number of benzene rings is 2. The van der Waals surface area contributed by atoms with E-state index >= 15 is 4.79 Å². The summed E-state index contributed by atoms with van der Waals surface area (Å²) in [5.74, 6) is -6.88. The number of aliphatic hydroxyl groups is 3. The van der Waals surface area contributed by atoms with Crippen molar-refractivity contribution in [2.24, 2.45) is 16.7 Å². The zero-order chi connectivity index (χ0) is 49.4. The van der Waals surface area contributed by atoms with E-state index in [2.05, 4.69) is 10.6 Å². The maximum atomic E-state index is 15.5. The molecule has 6 N–H and O–H groups in total. The number of esters is 3. The van der Waals surface area contributed by atoms with Gasteiger partial charge in [0.15, 0.2) is 17.5 Å². The van der Waals surface area contributed by atoms with Gasteiger partial charge in [-0.15, -0.1) is 0 Å². The van der Waals surface area contributed by atoms with Crippen LogP contribution in [0.1, 0.15) is 103 Å². The number of rotatable bonds is 13. The number of hydrogen-bond donors (Lipinski definition) is 6. The summed E-state index contributed by atoms with van der Waals surface area (Å²) in [6.45, 7) is 11.3. The number of ketones is 1. The molecule has 3 aliphatic carbocycles. The SMILES string of the molecule is CC(=O)O[C@@]12CO[C@@H]1CC(OC(=O)NCCCC(=O)O)[C@@]1(C)C(=O)[C@H](O)C3=C(C)[C@@H](OC(=O)[C@H](O)[C@@H](NC(=O)OC(C)(C)C)c4ccccc4)C[C@@](O)([C@@H](OC(=O)c4ccccc4)[C@H]21)C3(C)C. The van der Waals surface area contributed by atoms with E-state index in [1.165, 1.54) is 39.8 Å². The largest absolute Gasteiger partial charge is 0.481 e. The van der Waals surface area contributed by atoms with Crippen LogP contribution in [0.3, 0.4) is 0 Å². The molecule has 2 saturated carbocycles. The summed E-state index contributed by atoms with van der Waals surface area (Å²) in [5, 5.41) is 52.1. The number of aliphatic hydroxyl groups excluding tert-OH is 2. The molecule has 3 fully saturated rings. The molecule has 1 heterocycles. The lowest BCUT2D eigenvalue weighted by atomic mass is 9.44. The average Bonchev–Trinajstić information content (AvgIpc) is 3.24. The first-order valence-corrected chi connectivity index (χ1v) is 22.1. The van der Waals surface area contributed by atoms with Gasteiger partial charge in [-0.3, -0.25) is 14.4 Å². The quantitative estimate of drug-likeness (QED) is 0.0720. The molecule has 2 aromatic rings. The van der Waals surface area contributed by atoms with Gasteiger partial charge in [0.05, 0.1) is 29.5 Å². The fourth-order valence-corrected chi connectivity index (χ4v) is 10.3. The van der Waals surface area contributed by atoms with Gasteiger partial charge in [-0.25, -0.2) is 19.2 Å². The summed E-state index contributed by atoms with van der Waals surface area (Å²) in [5.41, 5.74) is -8.94. The minimum atomic E-state index is -2.47. The van der Waals surface area contributed by atoms with Crippen LogP contribution in [0.4, 0.5) is 9.59 Å². The minimum Gasteiger partial charge on any atom is -0.481 e. The third-order valence-electron chi connectivity index (χ3n) is 13.6. The number of carbonyl (C=O) groups is 7. The third kappa shape index (κ3) is 9.64. The van der Waals surface area contributed by atoms with Crippen molar-refractivity contribution in [3.8, 4) is 0 Å². The molecule has 0 spiro atoms. The Hall–Kier alpha value is -5.89. The average molecular weight is 937 g/mol. The van der Waals surface area contributed by atoms with Gasteiger partial charge >= 0.3 is 36.1 Å². The van der Waals surface area contributed by atoms with E-state index in [1.807, 2.05) is 0 Å². The molecule has 1 aliphatic heterocycles. The van der Waals surface area contributed by atoms with E-state index < -0.39 is 124 Å². The molecule has 1 saturated heterocycles. The molecule has 11 atom stereocenters. The second kappa shape index (κ2) is 19.0. The molecule has 0 radical (unpaired) electrons. The fraction of sp³-hybridized carbons (Fsp3) is 0.562. The monoisotopic (exact) mass is 936 g/mol. The Labute approximate surface area is 387 Å². The molecule has 2 bridgehead atoms. The number of amides is 2. The lowest BCUT2D eigenvalue weighted by Gasteiger charge is -2.67. The smallest absolute Gasteiger partial charge is 0.408 e. The van der Waals surface area contributed by atoms with Gasteiger partial charge < -0.3 is 59.5 Å². The summed E-state index contributed by atoms with van der Waals surface area (Å²) in [7, 11) is 0. The molecule has 6 rings (SSSR count). The summed E-state index contributed by atoms with van der Waals surface area (Å²) in [6.07, 6.45) is -13.5. The van der Waals surface area contributed by atoms with E-state index in [9.17, 15) is 44.1 Å². The summed E-state index contributed by atoms with van der Waals surface area (Å²) in [6, 6.07) is 14.3. The third-order valence-corrected chi connectivity index (χ3v) is 13.6. The molecule has 0 aromatic heterocycles. The number of aliphatic carboxylic acids is 1. The molecule has 2 amide bonds. The van der Waals surface area contributed by atoms with Crippen molar-refractivity contribution in [3.63, 3.8) is 0 Å². The maximum absolute atomic E-state index is 15.5. The van der Waals surface area contributed by atoms with Gasteiger partial charge in [0.1, 0.15) is 41.7 Å². The molecule has 4 aliphatic rings. The van der Waals surface area contributed by atoms with Gasteiger partial charge in [0.2, 0.25) is 0 Å². The van der Waals surface area contributed by atoms with E-state index in [-0.39, 0.29) is 49.1 Å². The number of fused-ring (bicyclic) bond motifs is 5. The van der Waals surface area contributed by atoms with Crippen molar-refractivity contribution in [2.75, 3.05) is 13.2 Å². The highest BCUT2D eigenvalue weighted by molar-refractivity contribution is 5.94. The highest BCUT2D eigenvalue weighted by Crippen LogP contribution is 2.64. The molecule has 67 heavy (non-hydrogen) atoms. The van der Waals surface area contributed by atoms with Crippen LogP contribution in [0.5, 0.6) is 0 Å². The highest BCUT2D eigenvalue weighted by atomic mass is 16.6. The predicted molar refractivity (Wildman–Crippen MR) is 233 cm³/mol. The van der Waals surface area contributed by atoms with E-state index in [1.54, 1.807) is 69.3 Å². The molecular formula is C48H60N2O17. The van der Waals surface area contributed by atoms with E-state index in [4.69, 9.17) is 33.5 Å². The zero-order valence-corrected chi connectivity index (χ0v) is 38.7. The number of nitrogens with one attached hydrogen (secondary N) is 2. The zero-order valence-electron chi connectivity index (χ0n) is 38.7. The molecule has 2 aromatic carbocycles. The number of Topliss-reactive ketones (excluding diaryl/α,β-unsaturated/α-hetero) is 1. The van der Waals surface area contributed by atoms with Crippen LogP contribution in [0.15, 0.2) is 71.8 Å². The second-order valence-electron chi connectivity index (χ2n) is 19.4. The summed E-state index contributed by atoms with van der Waals surface area (Å²) < 4.78 is 35.9. The van der Waals surface area contributed by atoms with Gasteiger partial charge in [0, 0.05) is 38.1 Å². The highest BCUT2D eigenvalue weighted by Gasteiger charge is 2.78. The van der Waals surface area contributed by atoms with Crippen LogP contribution in [0.2, 0.25) is 0 Å². The van der Waals surface area contributed by atoms with Crippen LogP contribution in [0, 0.1) is 16.7 Å². The Bertz CT molecular complexity index is 2280. The number of carboxylic acid groups (broad SMARTS) is 1. The summed E-state index contributed by atoms with van der Waals surface area (Å²) >= 11 is 0. The van der Waals surface area contributed by atoms with Crippen molar-refractivity contribution >= 4 is 41.8 Å². The first kappa shape index (κ1) is 50.5. The van der Waals surface area contributed by atoms with E-state index in [0.717, 1.165) is 6.92 Å². The number of carboxylic acids is 1. The van der Waals surface area contributed by atoms with Crippen molar-refractivity contribution in [1.29, 1.82) is 0 Å². The normalized spacial score (nSPS) is 30.5. The minimum absolute atomic E-state index is 0.0182. The van der Waals surface area contributed by atoms with Crippen LogP contribution >= 0.6 is 0 Å². The van der Waals surface area contributed by atoms with Crippen molar-refractivity contribution in [1.82, 2.24) is 10.6 Å². The maximum Gasteiger partial charge on any atom is 0.408 e. The van der Waals surface area contributed by atoms with Crippen molar-refractivity contribution < 1.29 is 82.4 Å². The fourth-order valence-electron chi connectivity index (χ4n) is 10.3. The Morgan fingerprint density at radius 1 is 0.925 bits per heavy atom. The van der Waals surface area contributed by atoms with E-state index in [0.29, 0.717) is 5.56 Å².